The normalized spacial score (nSPS) is 15.6. The number of carbonyl (C=O) groups excluding carboxylic acids is 1. The molecule has 1 aromatic carbocycles. The van der Waals surface area contributed by atoms with Crippen molar-refractivity contribution in [2.24, 2.45) is 0 Å². The zero-order valence-corrected chi connectivity index (χ0v) is 11.9. The minimum atomic E-state index is -0.562. The van der Waals surface area contributed by atoms with E-state index >= 15 is 0 Å². The fraction of sp³-hybridized carbons (Fsp3) is 0.500. The third-order valence-electron chi connectivity index (χ3n) is 3.65. The lowest BCUT2D eigenvalue weighted by Crippen LogP contribution is -2.37. The molecule has 114 valence electrons. The molecule has 1 aliphatic heterocycles. The summed E-state index contributed by atoms with van der Waals surface area (Å²) in [6.07, 6.45) is 3.71. The molecule has 0 aliphatic carbocycles. The van der Waals surface area contributed by atoms with Gasteiger partial charge in [0.15, 0.2) is 0 Å². The molecule has 1 aromatic rings. The van der Waals surface area contributed by atoms with Crippen LogP contribution in [0.2, 0.25) is 0 Å². The molecule has 0 unspecified atom stereocenters. The van der Waals surface area contributed by atoms with E-state index in [1.807, 2.05) is 0 Å². The van der Waals surface area contributed by atoms with Gasteiger partial charge >= 0.3 is 0 Å². The summed E-state index contributed by atoms with van der Waals surface area (Å²) in [6, 6.07) is 4.02. The average molecular weight is 292 g/mol. The Hall–Kier alpha value is -2.15. The van der Waals surface area contributed by atoms with Gasteiger partial charge in [0, 0.05) is 24.7 Å². The van der Waals surface area contributed by atoms with Crippen molar-refractivity contribution in [2.75, 3.05) is 31.9 Å². The van der Waals surface area contributed by atoms with Gasteiger partial charge in [-0.15, -0.1) is 0 Å². The highest BCUT2D eigenvalue weighted by Crippen LogP contribution is 2.21. The number of hydrogen-bond acceptors (Lipinski definition) is 5. The summed E-state index contributed by atoms with van der Waals surface area (Å²) < 4.78 is 0. The molecule has 2 rings (SSSR count). The second kappa shape index (κ2) is 7.03. The number of likely N-dealkylation sites (tertiary alicyclic amines) is 1. The number of amides is 1. The molecule has 1 saturated heterocycles. The number of nitrogens with two attached hydrogens (primary N) is 1. The van der Waals surface area contributed by atoms with Crippen LogP contribution in [0, 0.1) is 10.1 Å². The Labute approximate surface area is 123 Å². The smallest absolute Gasteiger partial charge is 0.292 e. The average Bonchev–Trinajstić information content (AvgIpc) is 2.47. The van der Waals surface area contributed by atoms with Crippen molar-refractivity contribution in [3.8, 4) is 0 Å². The summed E-state index contributed by atoms with van der Waals surface area (Å²) in [4.78, 5) is 24.4. The third-order valence-corrected chi connectivity index (χ3v) is 3.65. The summed E-state index contributed by atoms with van der Waals surface area (Å²) in [6.45, 7) is 3.56. The van der Waals surface area contributed by atoms with Gasteiger partial charge in [-0.05, 0) is 38.1 Å². The molecule has 1 fully saturated rings. The van der Waals surface area contributed by atoms with E-state index in [9.17, 15) is 14.9 Å². The number of anilines is 1. The van der Waals surface area contributed by atoms with Gasteiger partial charge in [0.25, 0.3) is 11.6 Å². The molecule has 0 aromatic heterocycles. The van der Waals surface area contributed by atoms with E-state index in [1.54, 1.807) is 0 Å². The fourth-order valence-electron chi connectivity index (χ4n) is 2.47. The highest BCUT2D eigenvalue weighted by atomic mass is 16.6. The molecule has 0 radical (unpaired) electrons. The Morgan fingerprint density at radius 2 is 2.05 bits per heavy atom. The number of nitrogens with one attached hydrogen (secondary N) is 1. The second-order valence-electron chi connectivity index (χ2n) is 5.19. The van der Waals surface area contributed by atoms with Crippen LogP contribution in [-0.4, -0.2) is 41.9 Å². The number of piperidine rings is 1. The Morgan fingerprint density at radius 1 is 1.33 bits per heavy atom. The van der Waals surface area contributed by atoms with Crippen LogP contribution in [0.25, 0.3) is 0 Å². The van der Waals surface area contributed by atoms with E-state index in [-0.39, 0.29) is 17.3 Å². The van der Waals surface area contributed by atoms with Crippen molar-refractivity contribution in [3.63, 3.8) is 0 Å². The maximum Gasteiger partial charge on any atom is 0.292 e. The van der Waals surface area contributed by atoms with Gasteiger partial charge in [-0.2, -0.15) is 0 Å². The molecule has 0 spiro atoms. The Morgan fingerprint density at radius 3 is 2.67 bits per heavy atom. The van der Waals surface area contributed by atoms with Crippen molar-refractivity contribution >= 4 is 17.3 Å². The lowest BCUT2D eigenvalue weighted by Gasteiger charge is -2.26. The molecule has 1 aliphatic rings. The predicted molar refractivity (Wildman–Crippen MR) is 80.1 cm³/mol. The Balaban J connectivity index is 1.85. The van der Waals surface area contributed by atoms with Crippen LogP contribution in [0.5, 0.6) is 0 Å². The number of nitro benzene ring substituents is 1. The van der Waals surface area contributed by atoms with E-state index < -0.39 is 4.92 Å². The molecule has 7 heteroatoms. The van der Waals surface area contributed by atoms with E-state index in [1.165, 1.54) is 37.5 Å². The number of rotatable bonds is 5. The first-order valence-electron chi connectivity index (χ1n) is 7.12. The second-order valence-corrected chi connectivity index (χ2v) is 5.19. The molecule has 7 nitrogen and oxygen atoms in total. The third kappa shape index (κ3) is 4.16. The number of nitro groups is 1. The van der Waals surface area contributed by atoms with Crippen molar-refractivity contribution in [3.05, 3.63) is 33.9 Å². The summed E-state index contributed by atoms with van der Waals surface area (Å²) in [5.41, 5.74) is 5.74. The lowest BCUT2D eigenvalue weighted by molar-refractivity contribution is -0.383. The van der Waals surface area contributed by atoms with Crippen molar-refractivity contribution in [1.82, 2.24) is 10.2 Å². The van der Waals surface area contributed by atoms with Crippen LogP contribution >= 0.6 is 0 Å². The van der Waals surface area contributed by atoms with Crippen LogP contribution in [0.4, 0.5) is 11.4 Å². The molecule has 0 saturated carbocycles. The quantitative estimate of drug-likeness (QED) is 0.485. The molecular formula is C14H20N4O3. The van der Waals surface area contributed by atoms with Crippen molar-refractivity contribution in [2.45, 2.75) is 19.3 Å². The molecule has 3 N–H and O–H groups in total. The predicted octanol–water partition coefficient (Wildman–Crippen LogP) is 1.39. The molecule has 0 bridgehead atoms. The standard InChI is InChI=1S/C14H20N4O3/c15-12-10-11(4-5-13(12)18(20)21)14(19)16-6-9-17-7-2-1-3-8-17/h4-5,10H,1-3,6-9,15H2,(H,16,19). The van der Waals surface area contributed by atoms with Gasteiger partial charge in [-0.25, -0.2) is 0 Å². The van der Waals surface area contributed by atoms with Gasteiger partial charge < -0.3 is 16.0 Å². The van der Waals surface area contributed by atoms with E-state index in [4.69, 9.17) is 5.73 Å². The Bertz CT molecular complexity index is 527. The summed E-state index contributed by atoms with van der Waals surface area (Å²) in [5, 5.41) is 13.5. The number of nitrogen functional groups attached to an aromatic ring is 1. The zero-order chi connectivity index (χ0) is 15.2. The van der Waals surface area contributed by atoms with Crippen molar-refractivity contribution < 1.29 is 9.72 Å². The summed E-state index contributed by atoms with van der Waals surface area (Å²) >= 11 is 0. The van der Waals surface area contributed by atoms with Crippen molar-refractivity contribution in [1.29, 1.82) is 0 Å². The lowest BCUT2D eigenvalue weighted by atomic mass is 10.1. The largest absolute Gasteiger partial charge is 0.393 e. The van der Waals surface area contributed by atoms with Crippen LogP contribution in [0.15, 0.2) is 18.2 Å². The van der Waals surface area contributed by atoms with E-state index in [0.717, 1.165) is 19.6 Å². The zero-order valence-electron chi connectivity index (χ0n) is 11.9. The minimum absolute atomic E-state index is 0.00341. The fourth-order valence-corrected chi connectivity index (χ4v) is 2.47. The summed E-state index contributed by atoms with van der Waals surface area (Å²) in [7, 11) is 0. The maximum absolute atomic E-state index is 12.0. The van der Waals surface area contributed by atoms with Crippen LogP contribution in [0.1, 0.15) is 29.6 Å². The van der Waals surface area contributed by atoms with Crippen LogP contribution in [-0.2, 0) is 0 Å². The topological polar surface area (TPSA) is 102 Å². The van der Waals surface area contributed by atoms with E-state index in [0.29, 0.717) is 12.1 Å². The number of nitrogens with zero attached hydrogens (tertiary/aromatic N) is 2. The number of carbonyl (C=O) groups is 1. The van der Waals surface area contributed by atoms with Gasteiger partial charge in [-0.1, -0.05) is 6.42 Å². The number of benzene rings is 1. The SMILES string of the molecule is Nc1cc(C(=O)NCCN2CCCCC2)ccc1[N+](=O)[O-]. The first-order chi connectivity index (χ1) is 10.1. The maximum atomic E-state index is 12.0. The van der Waals surface area contributed by atoms with Gasteiger partial charge in [0.1, 0.15) is 5.69 Å². The molecule has 1 amide bonds. The highest BCUT2D eigenvalue weighted by Gasteiger charge is 2.15. The monoisotopic (exact) mass is 292 g/mol. The number of hydrogen-bond donors (Lipinski definition) is 2. The first kappa shape index (κ1) is 15.2. The molecule has 1 heterocycles. The molecule has 0 atom stereocenters. The highest BCUT2D eigenvalue weighted by molar-refractivity contribution is 5.95. The van der Waals surface area contributed by atoms with Crippen LogP contribution < -0.4 is 11.1 Å². The first-order valence-corrected chi connectivity index (χ1v) is 7.12. The van der Waals surface area contributed by atoms with Gasteiger partial charge in [0.05, 0.1) is 4.92 Å². The van der Waals surface area contributed by atoms with E-state index in [2.05, 4.69) is 10.2 Å². The minimum Gasteiger partial charge on any atom is -0.393 e. The summed E-state index contributed by atoms with van der Waals surface area (Å²) in [5.74, 6) is -0.256. The van der Waals surface area contributed by atoms with Gasteiger partial charge in [-0.3, -0.25) is 14.9 Å². The van der Waals surface area contributed by atoms with Gasteiger partial charge in [0.2, 0.25) is 0 Å². The molecular weight excluding hydrogens is 272 g/mol. The molecule has 21 heavy (non-hydrogen) atoms. The Kier molecular flexibility index (Phi) is 5.10. The van der Waals surface area contributed by atoms with Crippen LogP contribution in [0.3, 0.4) is 0 Å².